The van der Waals surface area contributed by atoms with Crippen LogP contribution in [0.2, 0.25) is 0 Å². The van der Waals surface area contributed by atoms with Crippen molar-refractivity contribution in [3.05, 3.63) is 71.5 Å². The van der Waals surface area contributed by atoms with Crippen LogP contribution in [0.15, 0.2) is 54.7 Å². The SMILES string of the molecule is CC(=O)c1ccc(Nc2nccc(C(=O)NCc3ccc4c(c3)OCO4)n2)cc1. The van der Waals surface area contributed by atoms with E-state index in [9.17, 15) is 9.59 Å². The van der Waals surface area contributed by atoms with Gasteiger partial charge in [0, 0.05) is 24.0 Å². The molecule has 0 saturated carbocycles. The standard InChI is InChI=1S/C21H18N4O4/c1-13(26)15-3-5-16(6-4-15)24-21-22-9-8-17(25-21)20(27)23-11-14-2-7-18-19(10-14)29-12-28-18/h2-10H,11-12H2,1H3,(H,23,27)(H,22,24,25). The zero-order valence-corrected chi connectivity index (χ0v) is 15.6. The normalized spacial score (nSPS) is 11.8. The first kappa shape index (κ1) is 18.4. The number of nitrogens with zero attached hydrogens (tertiary/aromatic N) is 2. The molecule has 0 spiro atoms. The number of benzene rings is 2. The summed E-state index contributed by atoms with van der Waals surface area (Å²) in [6, 6.07) is 14.0. The van der Waals surface area contributed by atoms with Gasteiger partial charge in [-0.1, -0.05) is 6.07 Å². The van der Waals surface area contributed by atoms with Crippen LogP contribution in [0.4, 0.5) is 11.6 Å². The number of Topliss-reactive ketones (excluding diaryl/α,β-unsaturated/α-hetero) is 1. The molecule has 8 heteroatoms. The van der Waals surface area contributed by atoms with Crippen molar-refractivity contribution in [2.45, 2.75) is 13.5 Å². The number of anilines is 2. The van der Waals surface area contributed by atoms with Crippen LogP contribution in [0.5, 0.6) is 11.5 Å². The summed E-state index contributed by atoms with van der Waals surface area (Å²) >= 11 is 0. The van der Waals surface area contributed by atoms with E-state index in [4.69, 9.17) is 9.47 Å². The number of aromatic nitrogens is 2. The van der Waals surface area contributed by atoms with E-state index in [0.29, 0.717) is 29.3 Å². The maximum absolute atomic E-state index is 12.5. The molecule has 8 nitrogen and oxygen atoms in total. The molecule has 1 aliphatic heterocycles. The Balaban J connectivity index is 1.39. The molecule has 2 heterocycles. The monoisotopic (exact) mass is 390 g/mol. The number of rotatable bonds is 6. The first-order valence-corrected chi connectivity index (χ1v) is 8.96. The summed E-state index contributed by atoms with van der Waals surface area (Å²) in [5.41, 5.74) is 2.46. The van der Waals surface area contributed by atoms with Crippen LogP contribution in [-0.2, 0) is 6.54 Å². The molecule has 0 fully saturated rings. The topological polar surface area (TPSA) is 102 Å². The molecule has 1 amide bonds. The van der Waals surface area contributed by atoms with E-state index in [2.05, 4.69) is 20.6 Å². The lowest BCUT2D eigenvalue weighted by atomic mass is 10.1. The highest BCUT2D eigenvalue weighted by atomic mass is 16.7. The third-order valence-electron chi connectivity index (χ3n) is 4.33. The Labute approximate surface area is 166 Å². The molecular formula is C21H18N4O4. The number of carbonyl (C=O) groups is 2. The Morgan fingerprint density at radius 2 is 1.83 bits per heavy atom. The second-order valence-electron chi connectivity index (χ2n) is 6.39. The summed E-state index contributed by atoms with van der Waals surface area (Å²) in [6.07, 6.45) is 1.51. The van der Waals surface area contributed by atoms with Gasteiger partial charge in [0.2, 0.25) is 12.7 Å². The molecule has 0 atom stereocenters. The molecule has 0 unspecified atom stereocenters. The molecule has 1 aliphatic rings. The maximum Gasteiger partial charge on any atom is 0.270 e. The van der Waals surface area contributed by atoms with Gasteiger partial charge in [-0.3, -0.25) is 9.59 Å². The molecule has 2 N–H and O–H groups in total. The molecule has 0 saturated heterocycles. The summed E-state index contributed by atoms with van der Waals surface area (Å²) in [5, 5.41) is 5.85. The predicted octanol–water partition coefficient (Wildman–Crippen LogP) is 3.08. The van der Waals surface area contributed by atoms with Crippen molar-refractivity contribution in [1.82, 2.24) is 15.3 Å². The van der Waals surface area contributed by atoms with Gasteiger partial charge in [-0.25, -0.2) is 9.97 Å². The lowest BCUT2D eigenvalue weighted by Crippen LogP contribution is -2.24. The quantitative estimate of drug-likeness (QED) is 0.624. The van der Waals surface area contributed by atoms with E-state index >= 15 is 0 Å². The Bertz CT molecular complexity index is 1070. The molecule has 4 rings (SSSR count). The molecule has 3 aromatic rings. The fraction of sp³-hybridized carbons (Fsp3) is 0.143. The van der Waals surface area contributed by atoms with Crippen LogP contribution in [0.3, 0.4) is 0 Å². The van der Waals surface area contributed by atoms with Gasteiger partial charge in [-0.2, -0.15) is 0 Å². The molecule has 0 bridgehead atoms. The van der Waals surface area contributed by atoms with Crippen LogP contribution in [0.1, 0.15) is 33.3 Å². The van der Waals surface area contributed by atoms with Gasteiger partial charge in [-0.05, 0) is 55.0 Å². The van der Waals surface area contributed by atoms with Crippen molar-refractivity contribution in [1.29, 1.82) is 0 Å². The lowest BCUT2D eigenvalue weighted by Gasteiger charge is -2.08. The molecule has 146 valence electrons. The zero-order chi connectivity index (χ0) is 20.2. The molecule has 1 aromatic heterocycles. The Morgan fingerprint density at radius 1 is 1.03 bits per heavy atom. The van der Waals surface area contributed by atoms with E-state index in [1.807, 2.05) is 18.2 Å². The average Bonchev–Trinajstić information content (AvgIpc) is 3.20. The minimum Gasteiger partial charge on any atom is -0.454 e. The fourth-order valence-electron chi connectivity index (χ4n) is 2.79. The first-order chi connectivity index (χ1) is 14.1. The molecule has 0 radical (unpaired) electrons. The van der Waals surface area contributed by atoms with Crippen LogP contribution in [-0.4, -0.2) is 28.5 Å². The van der Waals surface area contributed by atoms with Crippen LogP contribution in [0.25, 0.3) is 0 Å². The Morgan fingerprint density at radius 3 is 2.62 bits per heavy atom. The van der Waals surface area contributed by atoms with Gasteiger partial charge in [-0.15, -0.1) is 0 Å². The highest BCUT2D eigenvalue weighted by molar-refractivity contribution is 5.94. The summed E-state index contributed by atoms with van der Waals surface area (Å²) in [6.45, 7) is 2.05. The number of hydrogen-bond donors (Lipinski definition) is 2. The third kappa shape index (κ3) is 4.32. The molecule has 2 aromatic carbocycles. The summed E-state index contributed by atoms with van der Waals surface area (Å²) in [7, 11) is 0. The smallest absolute Gasteiger partial charge is 0.270 e. The number of carbonyl (C=O) groups excluding carboxylic acids is 2. The van der Waals surface area contributed by atoms with Gasteiger partial charge in [0.1, 0.15) is 5.69 Å². The van der Waals surface area contributed by atoms with Crippen LogP contribution < -0.4 is 20.1 Å². The molecule has 0 aliphatic carbocycles. The van der Waals surface area contributed by atoms with Crippen molar-refractivity contribution >= 4 is 23.3 Å². The number of amides is 1. The lowest BCUT2D eigenvalue weighted by molar-refractivity contribution is 0.0945. The van der Waals surface area contributed by atoms with E-state index in [0.717, 1.165) is 5.56 Å². The second-order valence-corrected chi connectivity index (χ2v) is 6.39. The van der Waals surface area contributed by atoms with Gasteiger partial charge < -0.3 is 20.1 Å². The fourth-order valence-corrected chi connectivity index (χ4v) is 2.79. The van der Waals surface area contributed by atoms with Gasteiger partial charge >= 0.3 is 0 Å². The Kier molecular flexibility index (Phi) is 5.07. The van der Waals surface area contributed by atoms with E-state index in [-0.39, 0.29) is 30.1 Å². The number of ether oxygens (including phenoxy) is 2. The van der Waals surface area contributed by atoms with Gasteiger partial charge in [0.05, 0.1) is 0 Å². The van der Waals surface area contributed by atoms with Crippen molar-refractivity contribution in [2.75, 3.05) is 12.1 Å². The molecule has 29 heavy (non-hydrogen) atoms. The van der Waals surface area contributed by atoms with Crippen molar-refractivity contribution in [3.63, 3.8) is 0 Å². The van der Waals surface area contributed by atoms with E-state index in [1.165, 1.54) is 13.1 Å². The van der Waals surface area contributed by atoms with Crippen molar-refractivity contribution < 1.29 is 19.1 Å². The minimum atomic E-state index is -0.319. The van der Waals surface area contributed by atoms with Crippen molar-refractivity contribution in [2.24, 2.45) is 0 Å². The third-order valence-corrected chi connectivity index (χ3v) is 4.33. The number of fused-ring (bicyclic) bond motifs is 1. The predicted molar refractivity (Wildman–Crippen MR) is 105 cm³/mol. The first-order valence-electron chi connectivity index (χ1n) is 8.96. The van der Waals surface area contributed by atoms with Crippen LogP contribution >= 0.6 is 0 Å². The maximum atomic E-state index is 12.5. The summed E-state index contributed by atoms with van der Waals surface area (Å²) < 4.78 is 10.6. The van der Waals surface area contributed by atoms with E-state index < -0.39 is 0 Å². The average molecular weight is 390 g/mol. The molecular weight excluding hydrogens is 372 g/mol. The van der Waals surface area contributed by atoms with Gasteiger partial charge in [0.25, 0.3) is 5.91 Å². The van der Waals surface area contributed by atoms with E-state index in [1.54, 1.807) is 30.3 Å². The second kappa shape index (κ2) is 7.97. The highest BCUT2D eigenvalue weighted by Gasteiger charge is 2.14. The summed E-state index contributed by atoms with van der Waals surface area (Å²) in [5.74, 6) is 1.33. The van der Waals surface area contributed by atoms with Crippen LogP contribution in [0, 0.1) is 0 Å². The largest absolute Gasteiger partial charge is 0.454 e. The van der Waals surface area contributed by atoms with Gasteiger partial charge in [0.15, 0.2) is 17.3 Å². The summed E-state index contributed by atoms with van der Waals surface area (Å²) in [4.78, 5) is 32.2. The zero-order valence-electron chi connectivity index (χ0n) is 15.6. The highest BCUT2D eigenvalue weighted by Crippen LogP contribution is 2.32. The number of nitrogens with one attached hydrogen (secondary N) is 2. The minimum absolute atomic E-state index is 0.00562. The van der Waals surface area contributed by atoms with Crippen molar-refractivity contribution in [3.8, 4) is 11.5 Å². The Hall–Kier alpha value is -3.94. The number of ketones is 1. The number of hydrogen-bond acceptors (Lipinski definition) is 7.